The molecular weight excluding hydrogens is 340 g/mol. The van der Waals surface area contributed by atoms with Crippen LogP contribution >= 0.6 is 0 Å². The van der Waals surface area contributed by atoms with Crippen LogP contribution in [0.3, 0.4) is 0 Å². The van der Waals surface area contributed by atoms with E-state index in [4.69, 9.17) is 0 Å². The summed E-state index contributed by atoms with van der Waals surface area (Å²) in [5, 5.41) is 18.8. The molecule has 0 aromatic rings. The highest BCUT2D eigenvalue weighted by Gasteiger charge is 2.59. The molecule has 0 radical (unpaired) electrons. The minimum atomic E-state index is -0.932. The Kier molecular flexibility index (Phi) is 4.05. The van der Waals surface area contributed by atoms with Gasteiger partial charge in [-0.2, -0.15) is 10.5 Å². The lowest BCUT2D eigenvalue weighted by Gasteiger charge is -2.56. The second-order valence-electron chi connectivity index (χ2n) is 8.05. The molecule has 0 N–H and O–H groups in total. The van der Waals surface area contributed by atoms with Gasteiger partial charge in [0.05, 0.1) is 16.6 Å². The van der Waals surface area contributed by atoms with Crippen LogP contribution in [0.4, 0.5) is 0 Å². The van der Waals surface area contributed by atoms with Crippen LogP contribution in [0.15, 0.2) is 34.9 Å². The maximum absolute atomic E-state index is 12.7. The Bertz CT molecular complexity index is 1020. The molecule has 1 fully saturated rings. The molecule has 3 aliphatic carbocycles. The Morgan fingerprint density at radius 2 is 1.78 bits per heavy atom. The van der Waals surface area contributed by atoms with Gasteiger partial charge in [-0.3, -0.25) is 14.4 Å². The number of rotatable bonds is 0. The van der Waals surface area contributed by atoms with Crippen molar-refractivity contribution in [1.82, 2.24) is 0 Å². The number of hydrogen-bond donors (Lipinski definition) is 0. The minimum absolute atomic E-state index is 0.00312. The third kappa shape index (κ3) is 2.42. The quantitative estimate of drug-likeness (QED) is 0.489. The van der Waals surface area contributed by atoms with Gasteiger partial charge in [-0.05, 0) is 42.4 Å². The van der Waals surface area contributed by atoms with E-state index in [0.29, 0.717) is 24.7 Å². The zero-order valence-electron chi connectivity index (χ0n) is 15.4. The topological polar surface area (TPSA) is 98.8 Å². The molecule has 27 heavy (non-hydrogen) atoms. The van der Waals surface area contributed by atoms with Gasteiger partial charge in [0, 0.05) is 10.8 Å². The third-order valence-electron chi connectivity index (χ3n) is 6.28. The van der Waals surface area contributed by atoms with E-state index in [1.807, 2.05) is 32.9 Å². The summed E-state index contributed by atoms with van der Waals surface area (Å²) < 4.78 is 0. The number of nitrogens with zero attached hydrogens (tertiary/aromatic N) is 2. The van der Waals surface area contributed by atoms with Crippen LogP contribution in [0, 0.1) is 56.7 Å². The van der Waals surface area contributed by atoms with E-state index < -0.39 is 22.0 Å². The van der Waals surface area contributed by atoms with Crippen molar-refractivity contribution in [3.05, 3.63) is 34.9 Å². The first-order valence-electron chi connectivity index (χ1n) is 8.70. The average molecular weight is 358 g/mol. The van der Waals surface area contributed by atoms with E-state index in [9.17, 15) is 24.9 Å². The van der Waals surface area contributed by atoms with Crippen LogP contribution < -0.4 is 0 Å². The highest BCUT2D eigenvalue weighted by atomic mass is 16.1. The molecule has 0 bridgehead atoms. The normalized spacial score (nSPS) is 33.5. The molecule has 0 aliphatic heterocycles. The molecule has 3 rings (SSSR count). The molecule has 1 saturated carbocycles. The van der Waals surface area contributed by atoms with E-state index >= 15 is 0 Å². The van der Waals surface area contributed by atoms with Gasteiger partial charge in [-0.25, -0.2) is 0 Å². The summed E-state index contributed by atoms with van der Waals surface area (Å²) >= 11 is 0. The summed E-state index contributed by atoms with van der Waals surface area (Å²) in [6.45, 7) is 5.56. The Hall–Kier alpha value is -3.23. The zero-order chi connectivity index (χ0) is 20.0. The second kappa shape index (κ2) is 5.90. The van der Waals surface area contributed by atoms with Gasteiger partial charge in [0.15, 0.2) is 17.9 Å². The van der Waals surface area contributed by atoms with Crippen molar-refractivity contribution in [1.29, 1.82) is 10.5 Å². The zero-order valence-corrected chi connectivity index (χ0v) is 15.4. The summed E-state index contributed by atoms with van der Waals surface area (Å²) in [5.74, 6) is 4.64. The van der Waals surface area contributed by atoms with Gasteiger partial charge in [0.25, 0.3) is 0 Å². The third-order valence-corrected chi connectivity index (χ3v) is 6.28. The van der Waals surface area contributed by atoms with Crippen LogP contribution in [-0.2, 0) is 14.4 Å². The molecule has 0 heterocycles. The predicted molar refractivity (Wildman–Crippen MR) is 96.4 cm³/mol. The predicted octanol–water partition coefficient (Wildman–Crippen LogP) is 2.61. The largest absolute Gasteiger partial charge is 0.293 e. The van der Waals surface area contributed by atoms with Crippen LogP contribution in [0.1, 0.15) is 33.6 Å². The summed E-state index contributed by atoms with van der Waals surface area (Å²) in [5.41, 5.74) is -1.75. The van der Waals surface area contributed by atoms with Crippen molar-refractivity contribution in [2.24, 2.45) is 22.2 Å². The molecule has 3 atom stereocenters. The van der Waals surface area contributed by atoms with Gasteiger partial charge in [-0.1, -0.05) is 32.8 Å². The van der Waals surface area contributed by atoms with Crippen LogP contribution in [-0.4, -0.2) is 17.9 Å². The molecule has 3 aliphatic rings. The maximum Gasteiger partial charge on any atom is 0.196 e. The number of Topliss-reactive ketones (excluding diaryl/α,β-unsaturated/α-hetero) is 1. The molecule has 0 aromatic heterocycles. The van der Waals surface area contributed by atoms with Crippen molar-refractivity contribution in [2.75, 3.05) is 0 Å². The molecule has 3 unspecified atom stereocenters. The van der Waals surface area contributed by atoms with Gasteiger partial charge in [0.2, 0.25) is 0 Å². The number of carbonyl (C=O) groups excluding carboxylic acids is 3. The lowest BCUT2D eigenvalue weighted by atomic mass is 9.45. The summed E-state index contributed by atoms with van der Waals surface area (Å²) in [7, 11) is 0. The highest BCUT2D eigenvalue weighted by Crippen LogP contribution is 2.63. The monoisotopic (exact) mass is 358 g/mol. The van der Waals surface area contributed by atoms with Gasteiger partial charge >= 0.3 is 0 Å². The van der Waals surface area contributed by atoms with E-state index in [0.717, 1.165) is 0 Å². The standard InChI is InChI=1S/C22H18N2O3/c1-20(2)17-5-7-22(6-4-8-25)11-14(12-23)16(26)9-18(22)21(17,3)10-15(13-24)19(20)27/h8-11,17H,5,7H2,1-3H3. The number of carbonyl (C=O) groups is 3. The number of aldehydes is 1. The number of nitriles is 2. The molecular formula is C22H18N2O3. The van der Waals surface area contributed by atoms with Crippen LogP contribution in [0.5, 0.6) is 0 Å². The Morgan fingerprint density at radius 1 is 1.11 bits per heavy atom. The maximum atomic E-state index is 12.7. The Balaban J connectivity index is 2.33. The molecule has 0 aromatic carbocycles. The van der Waals surface area contributed by atoms with Gasteiger partial charge < -0.3 is 0 Å². The van der Waals surface area contributed by atoms with Crippen LogP contribution in [0.2, 0.25) is 0 Å². The fourth-order valence-corrected chi connectivity index (χ4v) is 5.09. The van der Waals surface area contributed by atoms with Gasteiger partial charge in [-0.15, -0.1) is 0 Å². The van der Waals surface area contributed by atoms with E-state index in [1.54, 1.807) is 12.2 Å². The molecule has 0 spiro atoms. The first-order chi connectivity index (χ1) is 12.7. The Morgan fingerprint density at radius 3 is 2.37 bits per heavy atom. The van der Waals surface area contributed by atoms with E-state index in [1.165, 1.54) is 6.08 Å². The molecule has 0 saturated heterocycles. The Labute approximate surface area is 158 Å². The second-order valence-corrected chi connectivity index (χ2v) is 8.05. The van der Waals surface area contributed by atoms with Crippen molar-refractivity contribution in [3.8, 4) is 24.0 Å². The van der Waals surface area contributed by atoms with Crippen molar-refractivity contribution >= 4 is 17.9 Å². The summed E-state index contributed by atoms with van der Waals surface area (Å²) in [6, 6.07) is 3.89. The molecule has 0 amide bonds. The van der Waals surface area contributed by atoms with Gasteiger partial charge in [0.1, 0.15) is 12.1 Å². The minimum Gasteiger partial charge on any atom is -0.293 e. The average Bonchev–Trinajstić information content (AvgIpc) is 2.63. The lowest BCUT2D eigenvalue weighted by Crippen LogP contribution is -2.53. The number of ketones is 2. The molecule has 5 heteroatoms. The van der Waals surface area contributed by atoms with E-state index in [-0.39, 0.29) is 22.8 Å². The fraction of sp³-hybridized carbons (Fsp3) is 0.409. The summed E-state index contributed by atoms with van der Waals surface area (Å²) in [6.07, 6.45) is 6.20. The van der Waals surface area contributed by atoms with Crippen LogP contribution in [0.25, 0.3) is 0 Å². The fourth-order valence-electron chi connectivity index (χ4n) is 5.09. The lowest BCUT2D eigenvalue weighted by molar-refractivity contribution is -0.130. The molecule has 134 valence electrons. The molecule has 5 nitrogen and oxygen atoms in total. The number of fused-ring (bicyclic) bond motifs is 3. The SMILES string of the molecule is CC1(C)C(=O)C(C#N)=CC2(C)C3=CC(=O)C(C#N)=CC3(C#CC=O)CCC12. The number of hydrogen-bond acceptors (Lipinski definition) is 5. The van der Waals surface area contributed by atoms with Crippen molar-refractivity contribution in [2.45, 2.75) is 33.6 Å². The smallest absolute Gasteiger partial charge is 0.196 e. The highest BCUT2D eigenvalue weighted by molar-refractivity contribution is 6.09. The summed E-state index contributed by atoms with van der Waals surface area (Å²) in [4.78, 5) is 36.1. The number of allylic oxidation sites excluding steroid dienone is 6. The first-order valence-corrected chi connectivity index (χ1v) is 8.70. The van der Waals surface area contributed by atoms with Crippen molar-refractivity contribution < 1.29 is 14.4 Å². The van der Waals surface area contributed by atoms with E-state index in [2.05, 4.69) is 11.8 Å². The first kappa shape index (κ1) is 18.6. The van der Waals surface area contributed by atoms with Crippen molar-refractivity contribution in [3.63, 3.8) is 0 Å².